The smallest absolute Gasteiger partial charge is 0.113 e. The fourth-order valence-electron chi connectivity index (χ4n) is 1.24. The Labute approximate surface area is 81.4 Å². The monoisotopic (exact) mass is 185 g/mol. The summed E-state index contributed by atoms with van der Waals surface area (Å²) in [6.45, 7) is 2.22. The highest BCUT2D eigenvalue weighted by molar-refractivity contribution is 5.02. The van der Waals surface area contributed by atoms with Gasteiger partial charge < -0.3 is 17.2 Å². The molecule has 0 aliphatic heterocycles. The number of hydrogen-bond donors (Lipinski definition) is 3. The molecule has 0 rings (SSSR count). The molecule has 13 heavy (non-hydrogen) atoms. The molecule has 0 aliphatic rings. The number of allylic oxidation sites excluding steroid dienone is 1. The van der Waals surface area contributed by atoms with Crippen LogP contribution in [0.3, 0.4) is 0 Å². The molecule has 0 spiro atoms. The lowest BCUT2D eigenvalue weighted by Crippen LogP contribution is -2.16. The average Bonchev–Trinajstić information content (AvgIpc) is 2.10. The van der Waals surface area contributed by atoms with Crippen molar-refractivity contribution in [1.82, 2.24) is 0 Å². The van der Waals surface area contributed by atoms with Gasteiger partial charge in [0.25, 0.3) is 0 Å². The van der Waals surface area contributed by atoms with Gasteiger partial charge >= 0.3 is 0 Å². The van der Waals surface area contributed by atoms with Crippen LogP contribution < -0.4 is 17.2 Å². The van der Waals surface area contributed by atoms with E-state index in [0.717, 1.165) is 12.8 Å². The van der Waals surface area contributed by atoms with E-state index in [9.17, 15) is 0 Å². The lowest BCUT2D eigenvalue weighted by atomic mass is 10.1. The van der Waals surface area contributed by atoms with E-state index in [-0.39, 0.29) is 5.82 Å². The summed E-state index contributed by atoms with van der Waals surface area (Å²) in [5.74, 6) is 0.286. The van der Waals surface area contributed by atoms with Gasteiger partial charge in [0, 0.05) is 5.70 Å². The van der Waals surface area contributed by atoms with E-state index in [4.69, 9.17) is 17.2 Å². The second-order valence-corrected chi connectivity index (χ2v) is 3.50. The summed E-state index contributed by atoms with van der Waals surface area (Å²) in [6, 6.07) is 0. The van der Waals surface area contributed by atoms with Gasteiger partial charge in [-0.3, -0.25) is 0 Å². The van der Waals surface area contributed by atoms with Crippen LogP contribution in [-0.4, -0.2) is 0 Å². The van der Waals surface area contributed by atoms with Crippen LogP contribution in [0.25, 0.3) is 0 Å². The largest absolute Gasteiger partial charge is 0.399 e. The van der Waals surface area contributed by atoms with E-state index in [1.807, 2.05) is 0 Å². The third-order valence-electron chi connectivity index (χ3n) is 2.17. The molecular weight excluding hydrogens is 162 g/mol. The van der Waals surface area contributed by atoms with E-state index in [2.05, 4.69) is 6.92 Å². The van der Waals surface area contributed by atoms with Crippen molar-refractivity contribution >= 4 is 0 Å². The molecule has 0 aromatic heterocycles. The second kappa shape index (κ2) is 7.77. The molecule has 3 heteroatoms. The Balaban J connectivity index is 3.22. The van der Waals surface area contributed by atoms with Crippen LogP contribution in [0.5, 0.6) is 0 Å². The minimum Gasteiger partial charge on any atom is -0.399 e. The third-order valence-corrected chi connectivity index (χ3v) is 2.17. The average molecular weight is 185 g/mol. The van der Waals surface area contributed by atoms with Gasteiger partial charge in [-0.25, -0.2) is 0 Å². The van der Waals surface area contributed by atoms with Crippen LogP contribution in [0.15, 0.2) is 11.5 Å². The highest BCUT2D eigenvalue weighted by Crippen LogP contribution is 2.08. The van der Waals surface area contributed by atoms with Crippen LogP contribution >= 0.6 is 0 Å². The van der Waals surface area contributed by atoms with Gasteiger partial charge in [-0.05, 0) is 12.8 Å². The highest BCUT2D eigenvalue weighted by atomic mass is 14.8. The Kier molecular flexibility index (Phi) is 7.26. The topological polar surface area (TPSA) is 78.1 Å². The van der Waals surface area contributed by atoms with Crippen LogP contribution in [0.4, 0.5) is 0 Å². The van der Waals surface area contributed by atoms with Crippen molar-refractivity contribution in [3.63, 3.8) is 0 Å². The molecule has 0 aromatic rings. The molecule has 0 aromatic carbocycles. The van der Waals surface area contributed by atoms with Crippen molar-refractivity contribution in [2.45, 2.75) is 51.9 Å². The molecular formula is C10H23N3. The Morgan fingerprint density at radius 1 is 0.846 bits per heavy atom. The van der Waals surface area contributed by atoms with Crippen molar-refractivity contribution in [1.29, 1.82) is 0 Å². The quantitative estimate of drug-likeness (QED) is 0.529. The molecule has 0 saturated heterocycles. The molecule has 0 amide bonds. The Hall–Kier alpha value is -0.860. The van der Waals surface area contributed by atoms with Crippen LogP contribution in [0, 0.1) is 0 Å². The molecule has 0 unspecified atom stereocenters. The Bertz CT molecular complexity index is 148. The van der Waals surface area contributed by atoms with Gasteiger partial charge in [0.2, 0.25) is 0 Å². The first kappa shape index (κ1) is 12.1. The summed E-state index contributed by atoms with van der Waals surface area (Å²) in [4.78, 5) is 0. The van der Waals surface area contributed by atoms with Crippen molar-refractivity contribution in [2.75, 3.05) is 0 Å². The first-order chi connectivity index (χ1) is 6.18. The zero-order valence-corrected chi connectivity index (χ0v) is 8.68. The summed E-state index contributed by atoms with van der Waals surface area (Å²) in [6.07, 6.45) is 8.43. The lowest BCUT2D eigenvalue weighted by molar-refractivity contribution is 0.604. The minimum atomic E-state index is 0.286. The SMILES string of the molecule is CCCCCCCCC(N)=C(N)N. The molecule has 78 valence electrons. The maximum absolute atomic E-state index is 5.59. The molecule has 0 heterocycles. The summed E-state index contributed by atoms with van der Waals surface area (Å²) in [7, 11) is 0. The maximum atomic E-state index is 5.59. The van der Waals surface area contributed by atoms with Gasteiger partial charge in [-0.15, -0.1) is 0 Å². The van der Waals surface area contributed by atoms with E-state index in [1.54, 1.807) is 0 Å². The summed E-state index contributed by atoms with van der Waals surface area (Å²) >= 11 is 0. The van der Waals surface area contributed by atoms with Gasteiger partial charge in [0.05, 0.1) is 0 Å². The lowest BCUT2D eigenvalue weighted by Gasteiger charge is -2.03. The maximum Gasteiger partial charge on any atom is 0.113 e. The first-order valence-corrected chi connectivity index (χ1v) is 5.18. The number of rotatable bonds is 7. The molecule has 0 fully saturated rings. The third kappa shape index (κ3) is 7.50. The van der Waals surface area contributed by atoms with Crippen LogP contribution in [0.2, 0.25) is 0 Å². The predicted octanol–water partition coefficient (Wildman–Crippen LogP) is 1.78. The summed E-state index contributed by atoms with van der Waals surface area (Å²) in [5.41, 5.74) is 16.9. The fourth-order valence-corrected chi connectivity index (χ4v) is 1.24. The zero-order valence-electron chi connectivity index (χ0n) is 8.68. The zero-order chi connectivity index (χ0) is 10.1. The van der Waals surface area contributed by atoms with Gasteiger partial charge in [0.15, 0.2) is 0 Å². The van der Waals surface area contributed by atoms with Crippen LogP contribution in [-0.2, 0) is 0 Å². The van der Waals surface area contributed by atoms with E-state index in [1.165, 1.54) is 32.1 Å². The summed E-state index contributed by atoms with van der Waals surface area (Å²) in [5, 5.41) is 0. The van der Waals surface area contributed by atoms with Crippen molar-refractivity contribution in [3.05, 3.63) is 11.5 Å². The molecule has 0 radical (unpaired) electrons. The molecule has 6 N–H and O–H groups in total. The van der Waals surface area contributed by atoms with Crippen LogP contribution in [0.1, 0.15) is 51.9 Å². The van der Waals surface area contributed by atoms with E-state index in [0.29, 0.717) is 5.70 Å². The van der Waals surface area contributed by atoms with Crippen molar-refractivity contribution in [3.8, 4) is 0 Å². The summed E-state index contributed by atoms with van der Waals surface area (Å²) < 4.78 is 0. The number of unbranched alkanes of at least 4 members (excludes halogenated alkanes) is 5. The second-order valence-electron chi connectivity index (χ2n) is 3.50. The van der Waals surface area contributed by atoms with E-state index < -0.39 is 0 Å². The van der Waals surface area contributed by atoms with Crippen molar-refractivity contribution < 1.29 is 0 Å². The normalized spacial score (nSPS) is 9.92. The predicted molar refractivity (Wildman–Crippen MR) is 57.6 cm³/mol. The first-order valence-electron chi connectivity index (χ1n) is 5.18. The number of hydrogen-bond acceptors (Lipinski definition) is 3. The Morgan fingerprint density at radius 2 is 1.38 bits per heavy atom. The molecule has 0 atom stereocenters. The van der Waals surface area contributed by atoms with E-state index >= 15 is 0 Å². The molecule has 0 saturated carbocycles. The van der Waals surface area contributed by atoms with Crippen molar-refractivity contribution in [2.24, 2.45) is 17.2 Å². The molecule has 0 bridgehead atoms. The minimum absolute atomic E-state index is 0.286. The molecule has 0 aliphatic carbocycles. The standard InChI is InChI=1S/C10H23N3/c1-2-3-4-5-6-7-8-9(11)10(12)13/h2-8,11-13H2,1H3. The number of nitrogens with two attached hydrogens (primary N) is 3. The Morgan fingerprint density at radius 3 is 1.92 bits per heavy atom. The molecule has 3 nitrogen and oxygen atoms in total. The fraction of sp³-hybridized carbons (Fsp3) is 0.800. The van der Waals surface area contributed by atoms with Gasteiger partial charge in [-0.1, -0.05) is 39.0 Å². The van der Waals surface area contributed by atoms with Gasteiger partial charge in [0.1, 0.15) is 5.82 Å². The van der Waals surface area contributed by atoms with Gasteiger partial charge in [-0.2, -0.15) is 0 Å². The highest BCUT2D eigenvalue weighted by Gasteiger charge is 1.95.